The minimum atomic E-state index is -0.787. The van der Waals surface area contributed by atoms with Crippen molar-refractivity contribution in [1.29, 1.82) is 0 Å². The fraction of sp³-hybridized carbons (Fsp3) is 0.750. The van der Waals surface area contributed by atoms with E-state index in [9.17, 15) is 9.59 Å². The third kappa shape index (κ3) is 4.72. The monoisotopic (exact) mass is 208 g/mol. The van der Waals surface area contributed by atoms with Crippen LogP contribution in [0.1, 0.15) is 27.2 Å². The molecule has 0 heterocycles. The van der Waals surface area contributed by atoms with Gasteiger partial charge in [-0.1, -0.05) is 20.8 Å². The van der Waals surface area contributed by atoms with Crippen molar-refractivity contribution >= 4 is 23.5 Å². The molecule has 0 amide bonds. The molecule has 0 N–H and O–H groups in total. The summed E-state index contributed by atoms with van der Waals surface area (Å²) in [6.45, 7) is 5.12. The molecule has 5 heteroatoms. The predicted molar refractivity (Wildman–Crippen MR) is 47.0 cm³/mol. The molecule has 0 aliphatic heterocycles. The summed E-state index contributed by atoms with van der Waals surface area (Å²) in [5.41, 5.74) is 0. The van der Waals surface area contributed by atoms with E-state index in [4.69, 9.17) is 11.6 Å². The maximum atomic E-state index is 11.0. The Bertz CT molecular complexity index is 191. The molecule has 76 valence electrons. The van der Waals surface area contributed by atoms with Crippen LogP contribution in [0, 0.1) is 5.92 Å². The zero-order chi connectivity index (χ0) is 10.4. The lowest BCUT2D eigenvalue weighted by Crippen LogP contribution is -2.24. The van der Waals surface area contributed by atoms with Crippen LogP contribution in [0.15, 0.2) is 0 Å². The summed E-state index contributed by atoms with van der Waals surface area (Å²) in [7, 11) is 0. The number of carbonyl (C=O) groups is 2. The van der Waals surface area contributed by atoms with E-state index in [0.717, 1.165) is 0 Å². The second kappa shape index (κ2) is 5.80. The molecule has 0 aliphatic rings. The highest BCUT2D eigenvalue weighted by molar-refractivity contribution is 6.30. The van der Waals surface area contributed by atoms with Gasteiger partial charge in [0, 0.05) is 6.42 Å². The average molecular weight is 209 g/mol. The molecule has 0 aromatic heterocycles. The Labute approximate surface area is 82.1 Å². The highest BCUT2D eigenvalue weighted by Crippen LogP contribution is 2.11. The molecule has 0 aromatic carbocycles. The van der Waals surface area contributed by atoms with Crippen molar-refractivity contribution in [1.82, 2.24) is 0 Å². The summed E-state index contributed by atoms with van der Waals surface area (Å²) < 4.78 is 0. The van der Waals surface area contributed by atoms with Crippen LogP contribution in [0.5, 0.6) is 0 Å². The van der Waals surface area contributed by atoms with Gasteiger partial charge in [-0.05, 0) is 5.92 Å². The molecule has 0 radical (unpaired) electrons. The van der Waals surface area contributed by atoms with Gasteiger partial charge in [0.1, 0.15) is 5.38 Å². The Hall–Kier alpha value is -0.770. The van der Waals surface area contributed by atoms with Crippen LogP contribution in [0.25, 0.3) is 0 Å². The zero-order valence-corrected chi connectivity index (χ0v) is 8.63. The van der Waals surface area contributed by atoms with Gasteiger partial charge in [-0.3, -0.25) is 0 Å². The largest absolute Gasteiger partial charge is 0.373 e. The van der Waals surface area contributed by atoms with E-state index in [-0.39, 0.29) is 12.3 Å². The number of hydrogen-bond acceptors (Lipinski definition) is 4. The van der Waals surface area contributed by atoms with Gasteiger partial charge in [-0.25, -0.2) is 19.4 Å². The molecule has 0 aliphatic carbocycles. The molecule has 1 unspecified atom stereocenters. The first kappa shape index (κ1) is 12.2. The van der Waals surface area contributed by atoms with E-state index in [1.165, 1.54) is 0 Å². The van der Waals surface area contributed by atoms with Gasteiger partial charge in [-0.15, -0.1) is 11.6 Å². The Balaban J connectivity index is 3.81. The fourth-order valence-electron chi connectivity index (χ4n) is 0.465. The second-order valence-electron chi connectivity index (χ2n) is 2.86. The molecule has 0 aromatic rings. The first-order valence-corrected chi connectivity index (χ1v) is 4.48. The summed E-state index contributed by atoms with van der Waals surface area (Å²) in [6.07, 6.45) is 0.155. The Kier molecular flexibility index (Phi) is 5.46. The Morgan fingerprint density at radius 3 is 2.23 bits per heavy atom. The van der Waals surface area contributed by atoms with Gasteiger partial charge in [0.25, 0.3) is 0 Å². The van der Waals surface area contributed by atoms with E-state index >= 15 is 0 Å². The summed E-state index contributed by atoms with van der Waals surface area (Å²) in [6, 6.07) is 0. The van der Waals surface area contributed by atoms with Gasteiger partial charge in [0.05, 0.1) is 0 Å². The number of carbonyl (C=O) groups excluding carboxylic acids is 2. The van der Waals surface area contributed by atoms with Crippen molar-refractivity contribution < 1.29 is 19.4 Å². The fourth-order valence-corrected chi connectivity index (χ4v) is 0.501. The van der Waals surface area contributed by atoms with Crippen LogP contribution in [0.4, 0.5) is 0 Å². The minimum absolute atomic E-state index is 0.0607. The highest BCUT2D eigenvalue weighted by atomic mass is 35.5. The Morgan fingerprint density at radius 2 is 1.85 bits per heavy atom. The summed E-state index contributed by atoms with van der Waals surface area (Å²) in [5, 5.41) is -0.787. The van der Waals surface area contributed by atoms with Gasteiger partial charge < -0.3 is 0 Å². The van der Waals surface area contributed by atoms with Crippen molar-refractivity contribution in [2.75, 3.05) is 0 Å². The smallest absolute Gasteiger partial charge is 0.247 e. The van der Waals surface area contributed by atoms with Crippen molar-refractivity contribution in [3.05, 3.63) is 0 Å². The van der Waals surface area contributed by atoms with Crippen LogP contribution < -0.4 is 0 Å². The maximum Gasteiger partial charge on any atom is 0.373 e. The number of rotatable bonds is 3. The predicted octanol–water partition coefficient (Wildman–Crippen LogP) is 1.66. The van der Waals surface area contributed by atoms with Crippen molar-refractivity contribution in [2.24, 2.45) is 5.92 Å². The molecule has 4 nitrogen and oxygen atoms in total. The second-order valence-corrected chi connectivity index (χ2v) is 3.33. The van der Waals surface area contributed by atoms with E-state index in [2.05, 4.69) is 9.78 Å². The van der Waals surface area contributed by atoms with Crippen LogP contribution >= 0.6 is 11.6 Å². The molecular formula is C8H13ClO4. The van der Waals surface area contributed by atoms with Crippen LogP contribution in [0.2, 0.25) is 0 Å². The SMILES string of the molecule is CCC(=O)OOC(=O)C(Cl)C(C)C. The minimum Gasteiger partial charge on any atom is -0.247 e. The lowest BCUT2D eigenvalue weighted by Gasteiger charge is -2.10. The van der Waals surface area contributed by atoms with Crippen molar-refractivity contribution in [3.8, 4) is 0 Å². The average Bonchev–Trinajstić information content (AvgIpc) is 2.11. The van der Waals surface area contributed by atoms with Gasteiger partial charge in [0.15, 0.2) is 0 Å². The molecular weight excluding hydrogens is 196 g/mol. The first-order valence-electron chi connectivity index (χ1n) is 4.04. The zero-order valence-electron chi connectivity index (χ0n) is 7.87. The molecule has 0 bridgehead atoms. The lowest BCUT2D eigenvalue weighted by molar-refractivity contribution is -0.259. The summed E-state index contributed by atoms with van der Waals surface area (Å²) in [5.74, 6) is -1.39. The van der Waals surface area contributed by atoms with E-state index < -0.39 is 17.3 Å². The van der Waals surface area contributed by atoms with E-state index in [0.29, 0.717) is 0 Å². The summed E-state index contributed by atoms with van der Waals surface area (Å²) >= 11 is 5.63. The molecule has 0 saturated carbocycles. The van der Waals surface area contributed by atoms with Crippen LogP contribution in [0.3, 0.4) is 0 Å². The number of alkyl halides is 1. The first-order chi connectivity index (χ1) is 5.99. The molecule has 0 spiro atoms. The molecule has 1 atom stereocenters. The normalized spacial score (nSPS) is 12.4. The molecule has 0 fully saturated rings. The van der Waals surface area contributed by atoms with E-state index in [1.54, 1.807) is 20.8 Å². The topological polar surface area (TPSA) is 52.6 Å². The third-order valence-electron chi connectivity index (χ3n) is 1.32. The summed E-state index contributed by atoms with van der Waals surface area (Å²) in [4.78, 5) is 29.9. The van der Waals surface area contributed by atoms with Crippen LogP contribution in [-0.2, 0) is 19.4 Å². The van der Waals surface area contributed by atoms with Gasteiger partial charge in [-0.2, -0.15) is 0 Å². The van der Waals surface area contributed by atoms with Gasteiger partial charge in [0.2, 0.25) is 0 Å². The highest BCUT2D eigenvalue weighted by Gasteiger charge is 2.22. The Morgan fingerprint density at radius 1 is 1.31 bits per heavy atom. The van der Waals surface area contributed by atoms with E-state index in [1.807, 2.05) is 0 Å². The molecule has 0 saturated heterocycles. The molecule has 13 heavy (non-hydrogen) atoms. The van der Waals surface area contributed by atoms with Gasteiger partial charge >= 0.3 is 11.9 Å². The number of hydrogen-bond donors (Lipinski definition) is 0. The maximum absolute atomic E-state index is 11.0. The van der Waals surface area contributed by atoms with Crippen molar-refractivity contribution in [3.63, 3.8) is 0 Å². The number of halogens is 1. The van der Waals surface area contributed by atoms with Crippen LogP contribution in [-0.4, -0.2) is 17.3 Å². The molecule has 0 rings (SSSR count). The quantitative estimate of drug-likeness (QED) is 0.402. The lowest BCUT2D eigenvalue weighted by atomic mass is 10.1. The third-order valence-corrected chi connectivity index (χ3v) is 2.00. The standard InChI is InChI=1S/C8H13ClO4/c1-4-6(10)12-13-8(11)7(9)5(2)3/h5,7H,4H2,1-3H3. The van der Waals surface area contributed by atoms with Crippen molar-refractivity contribution in [2.45, 2.75) is 32.6 Å².